The molecule has 8 rings (SSSR count). The number of aromatic carboxylic acids is 1. The van der Waals surface area contributed by atoms with Crippen molar-refractivity contribution in [3.63, 3.8) is 0 Å². The lowest BCUT2D eigenvalue weighted by Gasteiger charge is -2.31. The Labute approximate surface area is 449 Å². The van der Waals surface area contributed by atoms with Crippen molar-refractivity contribution < 1.29 is 80.4 Å². The third-order valence-corrected chi connectivity index (χ3v) is 12.2. The van der Waals surface area contributed by atoms with Crippen LogP contribution < -0.4 is 11.1 Å². The molecule has 29 heteroatoms. The molecule has 4 N–H and O–H groups in total. The van der Waals surface area contributed by atoms with Gasteiger partial charge in [0.05, 0.1) is 43.9 Å². The molecule has 0 aliphatic heterocycles. The standard InChI is InChI=1S/C24H19ClF7N3O.C21H14ClF7N2O2.C3H7N.Cl2OS/c1-12-9-14(22(26,23(27,28)29)24(30,31)32)10-13(2)20(12)19-7-8-35(34-19)16-5-6-18(25)17(11-16)21(36)33-15-3-4-15;1-10-7-12(19(23,20(24,25)26)21(27,28)29)8-11(2)17(10)16-5-6-31(30-16)13-3-4-15(22)14(9-13)18(32)33;4-3-1-2-3;1-4(2)3/h5-11,15H,3-4H2,1-2H3,(H,33,36);3-9H,1-2H3,(H,32,33);3H,1-2,4H2;. The number of benzene rings is 4. The molecule has 2 heterocycles. The zero-order valence-electron chi connectivity index (χ0n) is 39.8. The van der Waals surface area contributed by atoms with Crippen LogP contribution in [-0.2, 0) is 20.6 Å². The quantitative estimate of drug-likeness (QED) is 0.0965. The third kappa shape index (κ3) is 14.2. The highest BCUT2D eigenvalue weighted by Gasteiger charge is 2.74. The lowest BCUT2D eigenvalue weighted by Crippen LogP contribution is -2.50. The molecule has 2 fully saturated rings. The number of hydrogen-bond donors (Lipinski definition) is 3. The van der Waals surface area contributed by atoms with E-state index in [1.165, 1.54) is 105 Å². The number of aryl methyl sites for hydroxylation is 4. The van der Waals surface area contributed by atoms with Crippen LogP contribution in [0.2, 0.25) is 10.0 Å². The second-order valence-corrected chi connectivity index (χ2v) is 20.8. The molecule has 77 heavy (non-hydrogen) atoms. The van der Waals surface area contributed by atoms with Crippen molar-refractivity contribution in [1.82, 2.24) is 24.9 Å². The normalized spacial score (nSPS) is 14.2. The van der Waals surface area contributed by atoms with Crippen molar-refractivity contribution in [2.75, 3.05) is 0 Å². The molecule has 2 aromatic heterocycles. The average molecular weight is 1200 g/mol. The van der Waals surface area contributed by atoms with Crippen molar-refractivity contribution in [3.8, 4) is 33.9 Å². The molecule has 0 spiro atoms. The number of hydrogen-bond acceptors (Lipinski definition) is 6. The Morgan fingerprint density at radius 1 is 0.584 bits per heavy atom. The Bertz CT molecular complexity index is 3090. The predicted molar refractivity (Wildman–Crippen MR) is 261 cm³/mol. The van der Waals surface area contributed by atoms with Gasteiger partial charge in [0.1, 0.15) is 0 Å². The number of carboxylic acids is 1. The second kappa shape index (κ2) is 23.5. The number of carboxylic acid groups (broad SMARTS) is 1. The second-order valence-electron chi connectivity index (χ2n) is 17.5. The molecule has 2 aliphatic carbocycles. The van der Waals surface area contributed by atoms with E-state index in [1.54, 1.807) is 6.07 Å². The van der Waals surface area contributed by atoms with E-state index in [2.05, 4.69) is 36.9 Å². The molecule has 1 amide bonds. The van der Waals surface area contributed by atoms with Crippen LogP contribution in [0.4, 0.5) is 61.5 Å². The van der Waals surface area contributed by atoms with E-state index in [9.17, 15) is 76.2 Å². The molecule has 4 aromatic carbocycles. The summed E-state index contributed by atoms with van der Waals surface area (Å²) in [6, 6.07) is 14.4. The molecule has 0 atom stereocenters. The first-order valence-electron chi connectivity index (χ1n) is 22.0. The molecule has 2 saturated carbocycles. The van der Waals surface area contributed by atoms with Gasteiger partial charge in [-0.2, -0.15) is 62.9 Å². The summed E-state index contributed by atoms with van der Waals surface area (Å²) in [6.45, 7) is 5.03. The lowest BCUT2D eigenvalue weighted by molar-refractivity contribution is -0.349. The minimum Gasteiger partial charge on any atom is -0.478 e. The molecule has 10 nitrogen and oxygen atoms in total. The fourth-order valence-corrected chi connectivity index (χ4v) is 7.95. The van der Waals surface area contributed by atoms with Crippen LogP contribution in [-0.4, -0.2) is 77.5 Å². The summed E-state index contributed by atoms with van der Waals surface area (Å²) in [5.41, 5.74) is -7.48. The molecule has 418 valence electrons. The fraction of sp³-hybridized carbons (Fsp3) is 0.333. The Kier molecular flexibility index (Phi) is 19.0. The van der Waals surface area contributed by atoms with Gasteiger partial charge in [0.15, 0.2) is 0 Å². The largest absolute Gasteiger partial charge is 0.478 e. The zero-order valence-corrected chi connectivity index (χ0v) is 43.7. The Morgan fingerprint density at radius 2 is 0.896 bits per heavy atom. The average Bonchev–Trinajstić information content (AvgIpc) is 4.18. The molecule has 6 aromatic rings. The predicted octanol–water partition coefficient (Wildman–Crippen LogP) is 14.9. The van der Waals surface area contributed by atoms with E-state index in [4.69, 9.17) is 33.1 Å². The molecular weight excluding hydrogens is 1160 g/mol. The van der Waals surface area contributed by atoms with Gasteiger partial charge in [-0.05, 0) is 124 Å². The number of nitrogens with two attached hydrogens (primary N) is 1. The number of nitrogens with one attached hydrogen (secondary N) is 1. The minimum atomic E-state index is -6.22. The van der Waals surface area contributed by atoms with Crippen LogP contribution in [0.15, 0.2) is 85.2 Å². The zero-order chi connectivity index (χ0) is 58.1. The molecular formula is C48H40Cl4F14N6O4S. The maximum absolute atomic E-state index is 14.6. The van der Waals surface area contributed by atoms with Crippen LogP contribution in [0.25, 0.3) is 33.9 Å². The van der Waals surface area contributed by atoms with Crippen molar-refractivity contribution in [1.29, 1.82) is 0 Å². The van der Waals surface area contributed by atoms with Crippen molar-refractivity contribution in [3.05, 3.63) is 140 Å². The van der Waals surface area contributed by atoms with E-state index in [1.807, 2.05) is 0 Å². The maximum Gasteiger partial charge on any atom is 0.435 e. The Morgan fingerprint density at radius 3 is 1.18 bits per heavy atom. The van der Waals surface area contributed by atoms with E-state index in [-0.39, 0.29) is 77.9 Å². The molecule has 2 aliphatic rings. The van der Waals surface area contributed by atoms with E-state index < -0.39 is 62.4 Å². The first kappa shape index (κ1) is 62.4. The van der Waals surface area contributed by atoms with Gasteiger partial charge in [-0.1, -0.05) is 47.5 Å². The summed E-state index contributed by atoms with van der Waals surface area (Å²) in [6.07, 6.45) is -17.6. The number of alkyl halides is 14. The topological polar surface area (TPSA) is 145 Å². The number of carbonyl (C=O) groups excluding carboxylic acids is 1. The van der Waals surface area contributed by atoms with Gasteiger partial charge in [-0.25, -0.2) is 27.1 Å². The Balaban J connectivity index is 0.000000249. The first-order valence-corrected chi connectivity index (χ1v) is 25.5. The highest BCUT2D eigenvalue weighted by molar-refractivity contribution is 8.26. The summed E-state index contributed by atoms with van der Waals surface area (Å²) >= 11 is 12.0. The van der Waals surface area contributed by atoms with Crippen LogP contribution in [0.3, 0.4) is 0 Å². The number of carbonyl (C=O) groups is 2. The van der Waals surface area contributed by atoms with Gasteiger partial charge in [0.25, 0.3) is 5.91 Å². The summed E-state index contributed by atoms with van der Waals surface area (Å²) in [5.74, 6) is -1.62. The van der Waals surface area contributed by atoms with E-state index in [0.29, 0.717) is 41.7 Å². The van der Waals surface area contributed by atoms with Gasteiger partial charge < -0.3 is 16.2 Å². The number of rotatable bonds is 9. The van der Waals surface area contributed by atoms with Gasteiger partial charge >= 0.3 is 42.0 Å². The van der Waals surface area contributed by atoms with Crippen LogP contribution in [0, 0.1) is 27.7 Å². The molecule has 0 unspecified atom stereocenters. The minimum absolute atomic E-state index is 0.00931. The third-order valence-electron chi connectivity index (χ3n) is 11.6. The summed E-state index contributed by atoms with van der Waals surface area (Å²) in [5, 5.41) is 20.9. The summed E-state index contributed by atoms with van der Waals surface area (Å²) in [4.78, 5) is 23.7. The highest BCUT2D eigenvalue weighted by atomic mass is 36.0. The smallest absolute Gasteiger partial charge is 0.435 e. The van der Waals surface area contributed by atoms with Crippen LogP contribution in [0.5, 0.6) is 0 Å². The SMILES string of the molecule is Cc1cc(C(F)(C(F)(F)F)C(F)(F)F)cc(C)c1-c1ccn(-c2ccc(Cl)c(C(=O)NC3CC3)c2)n1.Cc1cc(C(F)(C(F)(F)F)C(F)(F)F)cc(C)c1-c1ccn(-c2ccc(Cl)c(C(=O)O)c2)n1.NC1CC1.O=S(Cl)Cl. The molecule has 0 saturated heterocycles. The van der Waals surface area contributed by atoms with Crippen molar-refractivity contribution in [2.24, 2.45) is 5.73 Å². The monoisotopic (exact) mass is 1200 g/mol. The number of aromatic nitrogens is 4. The van der Waals surface area contributed by atoms with Crippen LogP contribution in [0.1, 0.15) is 79.8 Å². The number of amides is 1. The van der Waals surface area contributed by atoms with Crippen molar-refractivity contribution >= 4 is 65.7 Å². The summed E-state index contributed by atoms with van der Waals surface area (Å²) in [7, 11) is 7.36. The van der Waals surface area contributed by atoms with Crippen LogP contribution >= 0.6 is 44.6 Å². The maximum atomic E-state index is 14.6. The first-order chi connectivity index (χ1) is 35.3. The fourth-order valence-electron chi connectivity index (χ4n) is 7.55. The van der Waals surface area contributed by atoms with E-state index in [0.717, 1.165) is 12.8 Å². The molecule has 0 bridgehead atoms. The number of nitrogens with zero attached hydrogens (tertiary/aromatic N) is 4. The highest BCUT2D eigenvalue weighted by Crippen LogP contribution is 2.55. The van der Waals surface area contributed by atoms with Gasteiger partial charge in [0.2, 0.25) is 9.23 Å². The summed E-state index contributed by atoms with van der Waals surface area (Å²) < 4.78 is 199. The van der Waals surface area contributed by atoms with Gasteiger partial charge in [-0.15, -0.1) is 0 Å². The van der Waals surface area contributed by atoms with Crippen molar-refractivity contribution in [2.45, 2.75) is 102 Å². The number of halogens is 18. The van der Waals surface area contributed by atoms with Gasteiger partial charge in [0, 0.05) is 68.1 Å². The van der Waals surface area contributed by atoms with E-state index >= 15 is 0 Å². The Hall–Kier alpha value is -5.47. The van der Waals surface area contributed by atoms with Gasteiger partial charge in [-0.3, -0.25) is 4.79 Å². The molecule has 0 radical (unpaired) electrons. The lowest BCUT2D eigenvalue weighted by atomic mass is 9.88.